The lowest BCUT2D eigenvalue weighted by molar-refractivity contribution is -0.141. The molecule has 3 heterocycles. The molecule has 2 saturated heterocycles. The van der Waals surface area contributed by atoms with Gasteiger partial charge < -0.3 is 10.1 Å². The second-order valence-corrected chi connectivity index (χ2v) is 12.9. The Balaban J connectivity index is 1.33. The minimum absolute atomic E-state index is 0.0788. The number of aromatic nitrogens is 2. The number of halogens is 3. The molecule has 2 aliphatic rings. The summed E-state index contributed by atoms with van der Waals surface area (Å²) in [5.74, 6) is -0.793. The molecule has 1 amide bonds. The Morgan fingerprint density at radius 3 is 2.41 bits per heavy atom. The molecular formula is C30H37F3N6O4S. The van der Waals surface area contributed by atoms with Crippen LogP contribution in [0.4, 0.5) is 18.9 Å². The first-order chi connectivity index (χ1) is 21.0. The summed E-state index contributed by atoms with van der Waals surface area (Å²) >= 11 is 0. The summed E-state index contributed by atoms with van der Waals surface area (Å²) in [7, 11) is -2.66. The van der Waals surface area contributed by atoms with Gasteiger partial charge in [0.2, 0.25) is 10.0 Å². The summed E-state index contributed by atoms with van der Waals surface area (Å²) in [5, 5.41) is 5.89. The Hall–Kier alpha value is -3.30. The molecule has 1 aromatic heterocycles. The van der Waals surface area contributed by atoms with Gasteiger partial charge in [0.25, 0.3) is 5.91 Å². The van der Waals surface area contributed by atoms with Crippen molar-refractivity contribution in [3.8, 4) is 0 Å². The van der Waals surface area contributed by atoms with Crippen LogP contribution in [0.25, 0.3) is 0 Å². The van der Waals surface area contributed by atoms with E-state index in [1.54, 1.807) is 4.31 Å². The van der Waals surface area contributed by atoms with E-state index in [0.717, 1.165) is 42.7 Å². The van der Waals surface area contributed by atoms with Crippen molar-refractivity contribution in [2.75, 3.05) is 51.3 Å². The number of piperidine rings is 1. The average molecular weight is 635 g/mol. The van der Waals surface area contributed by atoms with Crippen LogP contribution in [0.3, 0.4) is 0 Å². The Bertz CT molecular complexity index is 1510. The lowest BCUT2D eigenvalue weighted by atomic mass is 10.1. The zero-order valence-electron chi connectivity index (χ0n) is 24.5. The molecule has 1 atom stereocenters. The van der Waals surface area contributed by atoms with Crippen LogP contribution in [0.15, 0.2) is 65.6 Å². The zero-order chi connectivity index (χ0) is 31.3. The van der Waals surface area contributed by atoms with Gasteiger partial charge in [-0.2, -0.15) is 22.6 Å². The first-order valence-corrected chi connectivity index (χ1v) is 16.1. The fourth-order valence-electron chi connectivity index (χ4n) is 5.64. The molecule has 0 bridgehead atoms. The van der Waals surface area contributed by atoms with E-state index in [4.69, 9.17) is 4.74 Å². The van der Waals surface area contributed by atoms with Crippen molar-refractivity contribution in [1.29, 1.82) is 0 Å². The number of nitrogens with one attached hydrogen (secondary N) is 1. The first kappa shape index (κ1) is 32.1. The minimum atomic E-state index is -4.68. The Kier molecular flexibility index (Phi) is 10.1. The number of aryl methyl sites for hydroxylation is 1. The molecule has 44 heavy (non-hydrogen) atoms. The Morgan fingerprint density at radius 1 is 1.05 bits per heavy atom. The molecule has 5 rings (SSSR count). The molecule has 238 valence electrons. The highest BCUT2D eigenvalue weighted by Crippen LogP contribution is 2.30. The van der Waals surface area contributed by atoms with Crippen molar-refractivity contribution in [2.45, 2.75) is 43.0 Å². The monoisotopic (exact) mass is 634 g/mol. The number of hydrogen-bond acceptors (Lipinski definition) is 7. The number of morpholine rings is 1. The zero-order valence-corrected chi connectivity index (χ0v) is 25.4. The van der Waals surface area contributed by atoms with Gasteiger partial charge in [-0.05, 0) is 49.1 Å². The number of sulfonamides is 1. The number of ether oxygens (including phenoxy) is 1. The molecular weight excluding hydrogens is 597 g/mol. The largest absolute Gasteiger partial charge is 0.435 e. The second kappa shape index (κ2) is 13.8. The molecule has 1 unspecified atom stereocenters. The minimum Gasteiger partial charge on any atom is -0.379 e. The number of nitrogens with zero attached hydrogens (tertiary/aromatic N) is 5. The molecule has 2 aliphatic heterocycles. The predicted molar refractivity (Wildman–Crippen MR) is 158 cm³/mol. The number of carbonyl (C=O) groups is 1. The smallest absolute Gasteiger partial charge is 0.379 e. The fourth-order valence-corrected chi connectivity index (χ4v) is 7.32. The van der Waals surface area contributed by atoms with Gasteiger partial charge in [0.05, 0.1) is 24.3 Å². The van der Waals surface area contributed by atoms with Crippen LogP contribution in [-0.4, -0.2) is 90.3 Å². The lowest BCUT2D eigenvalue weighted by Crippen LogP contribution is -2.54. The van der Waals surface area contributed by atoms with Crippen LogP contribution in [-0.2, 0) is 34.5 Å². The maximum Gasteiger partial charge on any atom is 0.435 e. The summed E-state index contributed by atoms with van der Waals surface area (Å²) in [6.07, 6.45) is -2.65. The molecule has 0 radical (unpaired) electrons. The normalized spacial score (nSPS) is 18.9. The van der Waals surface area contributed by atoms with E-state index in [-0.39, 0.29) is 22.4 Å². The molecule has 2 fully saturated rings. The molecule has 14 heteroatoms. The van der Waals surface area contributed by atoms with Crippen molar-refractivity contribution in [2.24, 2.45) is 7.05 Å². The lowest BCUT2D eigenvalue weighted by Gasteiger charge is -2.42. The number of amides is 1. The van der Waals surface area contributed by atoms with Gasteiger partial charge in [0.1, 0.15) is 5.69 Å². The van der Waals surface area contributed by atoms with Gasteiger partial charge in [0.15, 0.2) is 5.69 Å². The third kappa shape index (κ3) is 7.67. The van der Waals surface area contributed by atoms with E-state index in [1.807, 2.05) is 30.3 Å². The summed E-state index contributed by atoms with van der Waals surface area (Å²) < 4.78 is 75.0. The molecule has 0 spiro atoms. The number of rotatable bonds is 10. The Morgan fingerprint density at radius 2 is 1.75 bits per heavy atom. The Labute approximate surface area is 255 Å². The number of carbonyl (C=O) groups excluding carboxylic acids is 1. The average Bonchev–Trinajstić information content (AvgIpc) is 3.43. The van der Waals surface area contributed by atoms with Crippen molar-refractivity contribution in [3.63, 3.8) is 0 Å². The van der Waals surface area contributed by atoms with Gasteiger partial charge in [-0.15, -0.1) is 0 Å². The van der Waals surface area contributed by atoms with Crippen molar-refractivity contribution >= 4 is 21.6 Å². The number of alkyl halides is 3. The summed E-state index contributed by atoms with van der Waals surface area (Å²) in [6.45, 7) is 5.56. The van der Waals surface area contributed by atoms with Crippen LogP contribution in [0.1, 0.15) is 41.0 Å². The molecule has 2 aromatic carbocycles. The van der Waals surface area contributed by atoms with Gasteiger partial charge in [-0.1, -0.05) is 30.3 Å². The topological polar surface area (TPSA) is 100 Å². The van der Waals surface area contributed by atoms with E-state index in [0.29, 0.717) is 45.3 Å². The maximum atomic E-state index is 14.0. The standard InChI is InChI=1S/C30H37F3N6O4S/c1-36-26(21-27(35-36)30(31,32)33)29(40)34-24-10-12-25(13-11-24)44(41,42)39-14-6-5-9-28(39)38(22-23-7-3-2-4-8-23)16-15-37-17-19-43-20-18-37/h2-4,7-8,10-13,21,28H,5-6,9,14-20,22H2,1H3,(H,34,40). The van der Waals surface area contributed by atoms with Crippen molar-refractivity contribution in [1.82, 2.24) is 23.9 Å². The van der Waals surface area contributed by atoms with Crippen LogP contribution < -0.4 is 5.32 Å². The predicted octanol–water partition coefficient (Wildman–Crippen LogP) is 4.03. The summed E-state index contributed by atoms with van der Waals surface area (Å²) in [5.41, 5.74) is -0.0990. The van der Waals surface area contributed by atoms with Crippen LogP contribution in [0, 0.1) is 0 Å². The fraction of sp³-hybridized carbons (Fsp3) is 0.467. The van der Waals surface area contributed by atoms with Crippen LogP contribution >= 0.6 is 0 Å². The first-order valence-electron chi connectivity index (χ1n) is 14.6. The third-order valence-electron chi connectivity index (χ3n) is 8.00. The van der Waals surface area contributed by atoms with Gasteiger partial charge in [0, 0.05) is 58.1 Å². The van der Waals surface area contributed by atoms with E-state index in [9.17, 15) is 26.4 Å². The number of anilines is 1. The highest BCUT2D eigenvalue weighted by Gasteiger charge is 2.38. The molecule has 10 nitrogen and oxygen atoms in total. The summed E-state index contributed by atoms with van der Waals surface area (Å²) in [6, 6.07) is 16.4. The molecule has 3 aromatic rings. The quantitative estimate of drug-likeness (QED) is 0.360. The van der Waals surface area contributed by atoms with Gasteiger partial charge in [-0.3, -0.25) is 19.3 Å². The highest BCUT2D eigenvalue weighted by molar-refractivity contribution is 7.89. The van der Waals surface area contributed by atoms with Gasteiger partial charge in [-0.25, -0.2) is 8.42 Å². The maximum absolute atomic E-state index is 14.0. The second-order valence-electron chi connectivity index (χ2n) is 11.0. The number of hydrogen-bond donors (Lipinski definition) is 1. The van der Waals surface area contributed by atoms with E-state index in [1.165, 1.54) is 31.3 Å². The van der Waals surface area contributed by atoms with E-state index < -0.39 is 27.8 Å². The van der Waals surface area contributed by atoms with Gasteiger partial charge >= 0.3 is 6.18 Å². The van der Waals surface area contributed by atoms with Crippen molar-refractivity contribution < 1.29 is 31.1 Å². The molecule has 0 aliphatic carbocycles. The SMILES string of the molecule is Cn1nc(C(F)(F)F)cc1C(=O)Nc1ccc(S(=O)(=O)N2CCCCC2N(CCN2CCOCC2)Cc2ccccc2)cc1. The van der Waals surface area contributed by atoms with Crippen molar-refractivity contribution in [3.05, 3.63) is 77.6 Å². The molecule has 1 N–H and O–H groups in total. The highest BCUT2D eigenvalue weighted by atomic mass is 32.2. The summed E-state index contributed by atoms with van der Waals surface area (Å²) in [4.78, 5) is 17.3. The van der Waals surface area contributed by atoms with E-state index >= 15 is 0 Å². The number of benzene rings is 2. The van der Waals surface area contributed by atoms with Crippen LogP contribution in [0.2, 0.25) is 0 Å². The third-order valence-corrected chi connectivity index (χ3v) is 9.91. The molecule has 0 saturated carbocycles. The van der Waals surface area contributed by atoms with Crippen LogP contribution in [0.5, 0.6) is 0 Å². The van der Waals surface area contributed by atoms with E-state index in [2.05, 4.69) is 20.2 Å².